The third-order valence-electron chi connectivity index (χ3n) is 9.85. The Morgan fingerprint density at radius 2 is 1.18 bits per heavy atom. The number of benzene rings is 4. The van der Waals surface area contributed by atoms with E-state index in [1.54, 1.807) is 9.13 Å². The fourth-order valence-corrected chi connectivity index (χ4v) is 12.4. The van der Waals surface area contributed by atoms with Crippen molar-refractivity contribution in [2.45, 2.75) is 73.4 Å². The predicted octanol–water partition coefficient (Wildman–Crippen LogP) is 8.74. The summed E-state index contributed by atoms with van der Waals surface area (Å²) in [6.45, 7) is 11.5. The van der Waals surface area contributed by atoms with Crippen molar-refractivity contribution in [2.75, 3.05) is 11.9 Å². The topological polar surface area (TPSA) is 78.7 Å². The summed E-state index contributed by atoms with van der Waals surface area (Å²) in [5, 5.41) is 4.46. The maximum absolute atomic E-state index is 14.0. The van der Waals surface area contributed by atoms with Gasteiger partial charge in [0.2, 0.25) is 5.95 Å². The van der Waals surface area contributed by atoms with Crippen LogP contribution in [-0.4, -0.2) is 25.3 Å². The maximum atomic E-state index is 14.0. The normalized spacial score (nSPS) is 11.8. The van der Waals surface area contributed by atoms with Gasteiger partial charge in [0.1, 0.15) is 28.7 Å². The Bertz CT molecular complexity index is 2060. The average Bonchev–Trinajstić information content (AvgIpc) is 3.33. The summed E-state index contributed by atoms with van der Waals surface area (Å²) in [4.78, 5) is 22.7. The number of aromatic nitrogens is 4. The van der Waals surface area contributed by atoms with Crippen LogP contribution in [0.5, 0.6) is 0 Å². The second-order valence-corrected chi connectivity index (χ2v) is 18.4. The maximum Gasteiger partial charge on any atom is 0.330 e. The predicted molar refractivity (Wildman–Crippen MR) is 217 cm³/mol. The zero-order valence-electron chi connectivity index (χ0n) is 29.5. The molecule has 0 aliphatic rings. The highest BCUT2D eigenvalue weighted by Gasteiger charge is 2.44. The number of hydrogen-bond donors (Lipinski definition) is 1. The zero-order valence-corrected chi connectivity index (χ0v) is 32.7. The van der Waals surface area contributed by atoms with E-state index in [2.05, 4.69) is 145 Å². The molecule has 0 fully saturated rings. The highest BCUT2D eigenvalue weighted by molar-refractivity contribution is 9.10. The van der Waals surface area contributed by atoms with E-state index in [-0.39, 0.29) is 16.8 Å². The monoisotopic (exact) mass is 768 g/mol. The molecule has 50 heavy (non-hydrogen) atoms. The summed E-state index contributed by atoms with van der Waals surface area (Å²) >= 11 is 10.2. The lowest BCUT2D eigenvalue weighted by atomic mass is 10.0. The Kier molecular flexibility index (Phi) is 11.0. The van der Waals surface area contributed by atoms with Gasteiger partial charge < -0.3 is 5.73 Å². The Balaban J connectivity index is 1.25. The lowest BCUT2D eigenvalue weighted by Crippen LogP contribution is -2.33. The minimum Gasteiger partial charge on any atom is -0.368 e. The van der Waals surface area contributed by atoms with E-state index in [0.29, 0.717) is 24.3 Å². The molecule has 6 rings (SSSR count). The molecular weight excluding hydrogens is 725 g/mol. The average molecular weight is 770 g/mol. The molecule has 2 heterocycles. The fraction of sp³-hybridized carbons (Fsp3) is 0.293. The van der Waals surface area contributed by atoms with Gasteiger partial charge in [-0.1, -0.05) is 87.0 Å². The molecule has 258 valence electrons. The molecule has 0 bridgehead atoms. The van der Waals surface area contributed by atoms with Gasteiger partial charge in [-0.05, 0) is 119 Å². The molecular formula is C41H45BrClN5OP+. The van der Waals surface area contributed by atoms with Crippen molar-refractivity contribution in [3.8, 4) is 0 Å². The van der Waals surface area contributed by atoms with E-state index < -0.39 is 7.26 Å². The van der Waals surface area contributed by atoms with Gasteiger partial charge in [0.25, 0.3) is 0 Å². The van der Waals surface area contributed by atoms with E-state index in [1.165, 1.54) is 32.6 Å². The highest BCUT2D eigenvalue weighted by Crippen LogP contribution is 2.56. The first kappa shape index (κ1) is 36.0. The van der Waals surface area contributed by atoms with Gasteiger partial charge >= 0.3 is 5.69 Å². The summed E-state index contributed by atoms with van der Waals surface area (Å²) in [6, 6.07) is 31.7. The number of nitrogens with zero attached hydrogens (tertiary/aromatic N) is 4. The van der Waals surface area contributed by atoms with Crippen molar-refractivity contribution >= 4 is 67.8 Å². The lowest BCUT2D eigenvalue weighted by molar-refractivity contribution is 0.569. The van der Waals surface area contributed by atoms with Crippen LogP contribution in [0.2, 0.25) is 5.15 Å². The number of aryl methyl sites for hydroxylation is 6. The molecule has 0 atom stereocenters. The van der Waals surface area contributed by atoms with Crippen molar-refractivity contribution in [1.29, 1.82) is 0 Å². The van der Waals surface area contributed by atoms with E-state index in [1.807, 2.05) is 0 Å². The Hall–Kier alpha value is -3.77. The Labute approximate surface area is 309 Å². The quantitative estimate of drug-likeness (QED) is 0.0768. The number of fused-ring (bicyclic) bond motifs is 1. The smallest absolute Gasteiger partial charge is 0.330 e. The van der Waals surface area contributed by atoms with Gasteiger partial charge in [-0.25, -0.2) is 4.79 Å². The first-order valence-corrected chi connectivity index (χ1v) is 20.4. The number of nitrogen functional groups attached to an aromatic ring is 1. The third kappa shape index (κ3) is 7.32. The molecule has 0 saturated carbocycles. The van der Waals surface area contributed by atoms with Crippen molar-refractivity contribution in [3.63, 3.8) is 0 Å². The van der Waals surface area contributed by atoms with Gasteiger partial charge in [-0.2, -0.15) is 9.97 Å². The SMILES string of the molecule is Cc1ccc([P+](CCCCCCn2c(=O)n(Cc3c(C)cc(Br)cc3C)c3nc(N)nc(Cl)c32)(c2ccc(C)cc2)c2ccc(C)cc2)cc1. The number of imidazole rings is 1. The fourth-order valence-electron chi connectivity index (χ4n) is 7.09. The van der Waals surface area contributed by atoms with Crippen LogP contribution in [-0.2, 0) is 13.1 Å². The molecule has 9 heteroatoms. The van der Waals surface area contributed by atoms with E-state index in [4.69, 9.17) is 17.3 Å². The van der Waals surface area contributed by atoms with Crippen LogP contribution in [0.25, 0.3) is 11.2 Å². The molecule has 0 radical (unpaired) electrons. The summed E-state index contributed by atoms with van der Waals surface area (Å²) in [7, 11) is -1.92. The molecule has 4 aromatic carbocycles. The van der Waals surface area contributed by atoms with Gasteiger partial charge in [-0.15, -0.1) is 0 Å². The van der Waals surface area contributed by atoms with E-state index >= 15 is 0 Å². The van der Waals surface area contributed by atoms with Gasteiger partial charge in [-0.3, -0.25) is 9.13 Å². The standard InChI is InChI=1S/C41H45BrClN5OP/c1-27-10-16-33(17-11-27)50(34-18-12-28(2)13-19-34,35-20-14-29(3)15-21-35)23-9-7-6-8-22-47-37-38(43)45-40(44)46-39(37)48(41(47)49)26-36-30(4)24-32(42)25-31(36)5/h10-21,24-25H,6-9,22-23,26H2,1-5H3,(H2,44,45,46)/q+1. The first-order chi connectivity index (χ1) is 24.0. The molecule has 2 aromatic heterocycles. The minimum absolute atomic E-state index is 0.0557. The molecule has 6 aromatic rings. The van der Waals surface area contributed by atoms with Crippen molar-refractivity contribution in [3.05, 3.63) is 138 Å². The molecule has 0 aliphatic carbocycles. The molecule has 0 saturated heterocycles. The van der Waals surface area contributed by atoms with Gasteiger partial charge in [0.15, 0.2) is 10.8 Å². The van der Waals surface area contributed by atoms with Crippen LogP contribution in [0.1, 0.15) is 59.1 Å². The van der Waals surface area contributed by atoms with Crippen molar-refractivity contribution < 1.29 is 0 Å². The number of unbranched alkanes of at least 4 members (excludes halogenated alkanes) is 3. The molecule has 0 amide bonds. The number of halogens is 2. The summed E-state index contributed by atoms with van der Waals surface area (Å²) in [5.74, 6) is 0.0557. The van der Waals surface area contributed by atoms with Crippen molar-refractivity contribution in [2.24, 2.45) is 0 Å². The molecule has 6 nitrogen and oxygen atoms in total. The lowest BCUT2D eigenvalue weighted by Gasteiger charge is -2.28. The zero-order chi connectivity index (χ0) is 35.6. The van der Waals surface area contributed by atoms with Crippen LogP contribution < -0.4 is 27.3 Å². The van der Waals surface area contributed by atoms with Crippen LogP contribution in [0.4, 0.5) is 5.95 Å². The molecule has 0 unspecified atom stereocenters. The van der Waals surface area contributed by atoms with Crippen LogP contribution in [0.15, 0.2) is 94.2 Å². The second-order valence-electron chi connectivity index (χ2n) is 13.5. The number of hydrogen-bond acceptors (Lipinski definition) is 4. The summed E-state index contributed by atoms with van der Waals surface area (Å²) in [6.07, 6.45) is 5.01. The minimum atomic E-state index is -1.92. The van der Waals surface area contributed by atoms with E-state index in [9.17, 15) is 4.79 Å². The summed E-state index contributed by atoms with van der Waals surface area (Å²) < 4.78 is 4.44. The van der Waals surface area contributed by atoms with Gasteiger partial charge in [0, 0.05) is 11.0 Å². The number of anilines is 1. The highest BCUT2D eigenvalue weighted by atomic mass is 79.9. The largest absolute Gasteiger partial charge is 0.368 e. The van der Waals surface area contributed by atoms with E-state index in [0.717, 1.165) is 53.0 Å². The Morgan fingerprint density at radius 1 is 0.700 bits per heavy atom. The summed E-state index contributed by atoms with van der Waals surface area (Å²) in [5.41, 5.74) is 14.0. The van der Waals surface area contributed by atoms with Crippen LogP contribution in [0.3, 0.4) is 0 Å². The number of nitrogens with two attached hydrogens (primary N) is 1. The van der Waals surface area contributed by atoms with Crippen molar-refractivity contribution in [1.82, 2.24) is 19.1 Å². The second kappa shape index (κ2) is 15.2. The van der Waals surface area contributed by atoms with Crippen LogP contribution >= 0.6 is 34.8 Å². The first-order valence-electron chi connectivity index (χ1n) is 17.3. The number of rotatable bonds is 12. The third-order valence-corrected chi connectivity index (χ3v) is 15.1. The van der Waals surface area contributed by atoms with Gasteiger partial charge in [0.05, 0.1) is 12.7 Å². The molecule has 2 N–H and O–H groups in total. The Morgan fingerprint density at radius 3 is 1.68 bits per heavy atom. The molecule has 0 aliphatic heterocycles. The van der Waals surface area contributed by atoms with Crippen LogP contribution in [0, 0.1) is 34.6 Å². The molecule has 0 spiro atoms.